The van der Waals surface area contributed by atoms with E-state index in [2.05, 4.69) is 23.2 Å². The van der Waals surface area contributed by atoms with Gasteiger partial charge in [-0.2, -0.15) is 26.3 Å². The minimum Gasteiger partial charge on any atom is -0.211 e. The third-order valence-electron chi connectivity index (χ3n) is 1.62. The summed E-state index contributed by atoms with van der Waals surface area (Å²) >= 11 is 9.41. The molecule has 0 aromatic carbocycles. The molecule has 0 fully saturated rings. The highest BCUT2D eigenvalue weighted by Crippen LogP contribution is 2.56. The second-order valence-corrected chi connectivity index (χ2v) is 4.86. The summed E-state index contributed by atoms with van der Waals surface area (Å²) in [7, 11) is 0. The Kier molecular flexibility index (Phi) is 5.08. The molecule has 10 heteroatoms. The number of hydrogen-bond acceptors (Lipinski definition) is 0. The highest BCUT2D eigenvalue weighted by atomic mass is 127. The first-order valence-corrected chi connectivity index (χ1v) is 5.85. The number of halogens is 10. The van der Waals surface area contributed by atoms with Crippen molar-refractivity contribution in [3.05, 3.63) is 0 Å². The molecule has 0 aliphatic heterocycles. The van der Waals surface area contributed by atoms with E-state index in [0.29, 0.717) is 0 Å². The smallest absolute Gasteiger partial charge is 0.211 e. The molecule has 16 heavy (non-hydrogen) atoms. The lowest BCUT2D eigenvalue weighted by Crippen LogP contribution is -2.59. The molecule has 0 bridgehead atoms. The maximum Gasteiger partial charge on any atom is 0.375 e. The molecule has 0 radical (unpaired) electrons. The van der Waals surface area contributed by atoms with Crippen LogP contribution in [0.1, 0.15) is 6.42 Å². The fourth-order valence-electron chi connectivity index (χ4n) is 0.683. The van der Waals surface area contributed by atoms with Crippen molar-refractivity contribution in [3.63, 3.8) is 0 Å². The van der Waals surface area contributed by atoms with E-state index in [0.717, 1.165) is 0 Å². The summed E-state index contributed by atoms with van der Waals surface area (Å²) in [5.74, 6) is -10.8. The maximum atomic E-state index is 12.8. The van der Waals surface area contributed by atoms with E-state index in [1.165, 1.54) is 22.6 Å². The van der Waals surface area contributed by atoms with Crippen molar-refractivity contribution in [2.75, 3.05) is 4.43 Å². The Hall–Kier alpha value is 0.820. The molecule has 1 atom stereocenters. The Morgan fingerprint density at radius 3 is 1.50 bits per heavy atom. The zero-order valence-electron chi connectivity index (χ0n) is 7.19. The van der Waals surface area contributed by atoms with Crippen LogP contribution in [-0.4, -0.2) is 26.8 Å². The van der Waals surface area contributed by atoms with Crippen LogP contribution in [0.15, 0.2) is 0 Å². The minimum absolute atomic E-state index is 0.499. The van der Waals surface area contributed by atoms with E-state index >= 15 is 0 Å². The maximum absolute atomic E-state index is 12.8. The summed E-state index contributed by atoms with van der Waals surface area (Å²) < 4.78 is 88.0. The Morgan fingerprint density at radius 2 is 1.25 bits per heavy atom. The van der Waals surface area contributed by atoms with E-state index in [1.807, 2.05) is 0 Å². The highest BCUT2D eigenvalue weighted by Gasteiger charge is 2.78. The Labute approximate surface area is 110 Å². The standard InChI is InChI=1S/C6H4Cl2F7I/c7-4(11,6(8,14)15)5(12,13)3(9,10)1-2-16/h1-2H2. The molecule has 0 N–H and O–H groups in total. The van der Waals surface area contributed by atoms with Crippen LogP contribution in [0.3, 0.4) is 0 Å². The second kappa shape index (κ2) is 4.83. The minimum atomic E-state index is -5.79. The molecule has 0 spiro atoms. The predicted molar refractivity (Wildman–Crippen MR) is 53.9 cm³/mol. The van der Waals surface area contributed by atoms with Crippen LogP contribution in [0, 0.1) is 0 Å². The van der Waals surface area contributed by atoms with Gasteiger partial charge in [-0.1, -0.05) is 34.2 Å². The SMILES string of the molecule is FC(F)(Cl)C(F)(Cl)C(F)(F)C(F)(F)CCI. The Morgan fingerprint density at radius 1 is 0.875 bits per heavy atom. The first-order valence-electron chi connectivity index (χ1n) is 3.57. The summed E-state index contributed by atoms with van der Waals surface area (Å²) in [4.78, 5) is 0. The average molecular weight is 407 g/mol. The van der Waals surface area contributed by atoms with Gasteiger partial charge in [0.25, 0.3) is 0 Å². The molecule has 0 heterocycles. The van der Waals surface area contributed by atoms with Crippen LogP contribution in [0.4, 0.5) is 30.7 Å². The number of rotatable bonds is 5. The fourth-order valence-corrected chi connectivity index (χ4v) is 1.62. The lowest BCUT2D eigenvalue weighted by atomic mass is 10.0. The summed E-state index contributed by atoms with van der Waals surface area (Å²) in [5.41, 5.74) is 0. The molecule has 0 nitrogen and oxygen atoms in total. The molecular formula is C6H4Cl2F7I. The van der Waals surface area contributed by atoms with Gasteiger partial charge in [-0.25, -0.2) is 4.39 Å². The van der Waals surface area contributed by atoms with Crippen molar-refractivity contribution in [2.24, 2.45) is 0 Å². The molecule has 0 amide bonds. The highest BCUT2D eigenvalue weighted by molar-refractivity contribution is 14.1. The Bertz CT molecular complexity index is 250. The molecule has 0 aliphatic carbocycles. The summed E-state index contributed by atoms with van der Waals surface area (Å²) in [6, 6.07) is 0. The van der Waals surface area contributed by atoms with Crippen molar-refractivity contribution in [2.45, 2.75) is 28.8 Å². The van der Waals surface area contributed by atoms with Crippen molar-refractivity contribution >= 4 is 45.8 Å². The van der Waals surface area contributed by atoms with Crippen molar-refractivity contribution < 1.29 is 30.7 Å². The van der Waals surface area contributed by atoms with Crippen molar-refractivity contribution in [3.8, 4) is 0 Å². The average Bonchev–Trinajstić information content (AvgIpc) is 2.01. The van der Waals surface area contributed by atoms with E-state index < -0.39 is 33.2 Å². The van der Waals surface area contributed by atoms with E-state index in [4.69, 9.17) is 0 Å². The van der Waals surface area contributed by atoms with Crippen LogP contribution in [0.2, 0.25) is 0 Å². The van der Waals surface area contributed by atoms with Crippen molar-refractivity contribution in [1.29, 1.82) is 0 Å². The van der Waals surface area contributed by atoms with Gasteiger partial charge in [0.15, 0.2) is 0 Å². The zero-order valence-corrected chi connectivity index (χ0v) is 10.9. The lowest BCUT2D eigenvalue weighted by Gasteiger charge is -2.35. The molecule has 0 saturated carbocycles. The van der Waals surface area contributed by atoms with Gasteiger partial charge in [0, 0.05) is 10.8 Å². The monoisotopic (exact) mass is 406 g/mol. The molecule has 0 rings (SSSR count). The van der Waals surface area contributed by atoms with Crippen LogP contribution >= 0.6 is 45.8 Å². The lowest BCUT2D eigenvalue weighted by molar-refractivity contribution is -0.278. The van der Waals surface area contributed by atoms with Gasteiger partial charge in [0.2, 0.25) is 0 Å². The van der Waals surface area contributed by atoms with Gasteiger partial charge in [-0.15, -0.1) is 0 Å². The fraction of sp³-hybridized carbons (Fsp3) is 1.00. The quantitative estimate of drug-likeness (QED) is 0.349. The second-order valence-electron chi connectivity index (χ2n) is 2.79. The molecule has 0 aromatic rings. The predicted octanol–water partition coefficient (Wildman–Crippen LogP) is 4.82. The molecule has 1 unspecified atom stereocenters. The molecular weight excluding hydrogens is 403 g/mol. The topological polar surface area (TPSA) is 0 Å². The van der Waals surface area contributed by atoms with Crippen molar-refractivity contribution in [1.82, 2.24) is 0 Å². The normalized spacial score (nSPS) is 18.4. The van der Waals surface area contributed by atoms with Gasteiger partial charge < -0.3 is 0 Å². The van der Waals surface area contributed by atoms with Gasteiger partial charge in [-0.05, 0) is 11.6 Å². The summed E-state index contributed by atoms with van der Waals surface area (Å²) in [6.45, 7) is 0. The largest absolute Gasteiger partial charge is 0.375 e. The number of alkyl halides is 10. The van der Waals surface area contributed by atoms with Gasteiger partial charge in [0.05, 0.1) is 0 Å². The summed E-state index contributed by atoms with van der Waals surface area (Å²) in [6.07, 6.45) is -1.51. The van der Waals surface area contributed by atoms with Crippen LogP contribution in [-0.2, 0) is 0 Å². The van der Waals surface area contributed by atoms with E-state index in [-0.39, 0.29) is 0 Å². The molecule has 0 saturated heterocycles. The Balaban J connectivity index is 5.34. The molecule has 98 valence electrons. The van der Waals surface area contributed by atoms with E-state index in [1.54, 1.807) is 0 Å². The number of hydrogen-bond donors (Lipinski definition) is 0. The molecule has 0 aliphatic rings. The van der Waals surface area contributed by atoms with Crippen LogP contribution in [0.25, 0.3) is 0 Å². The van der Waals surface area contributed by atoms with Crippen LogP contribution in [0.5, 0.6) is 0 Å². The summed E-state index contributed by atoms with van der Waals surface area (Å²) in [5, 5.41) is -10.7. The zero-order chi connectivity index (χ0) is 13.4. The molecule has 0 aromatic heterocycles. The van der Waals surface area contributed by atoms with Gasteiger partial charge in [-0.3, -0.25) is 0 Å². The first kappa shape index (κ1) is 16.8. The van der Waals surface area contributed by atoms with Gasteiger partial charge >= 0.3 is 22.4 Å². The third-order valence-corrected chi connectivity index (χ3v) is 2.99. The van der Waals surface area contributed by atoms with E-state index in [9.17, 15) is 30.7 Å². The first-order chi connectivity index (χ1) is 6.81. The van der Waals surface area contributed by atoms with Crippen LogP contribution < -0.4 is 0 Å². The third kappa shape index (κ3) is 2.80. The van der Waals surface area contributed by atoms with Gasteiger partial charge in [0.1, 0.15) is 0 Å².